The molecule has 4 nitrogen and oxygen atoms in total. The van der Waals surface area contributed by atoms with Crippen LogP contribution in [0.1, 0.15) is 13.3 Å². The van der Waals surface area contributed by atoms with Crippen molar-refractivity contribution in [2.75, 3.05) is 13.2 Å². The number of para-hydroxylation sites is 1. The summed E-state index contributed by atoms with van der Waals surface area (Å²) in [5.74, 6) is 0.335. The van der Waals surface area contributed by atoms with Crippen LogP contribution in [0.4, 0.5) is 0 Å². The van der Waals surface area contributed by atoms with E-state index < -0.39 is 0 Å². The standard InChI is InChI=1S/C12H17ClN2O2/c1-9(14)6-7-15-12(16)8-17-11-5-3-2-4-10(11)13/h2-5,9H,6-8,14H2,1H3,(H,15,16). The molecule has 0 aliphatic rings. The highest BCUT2D eigenvalue weighted by Crippen LogP contribution is 2.22. The van der Waals surface area contributed by atoms with Gasteiger partial charge in [0, 0.05) is 12.6 Å². The number of amides is 1. The molecule has 0 spiro atoms. The zero-order valence-corrected chi connectivity index (χ0v) is 10.5. The van der Waals surface area contributed by atoms with Gasteiger partial charge in [0.1, 0.15) is 5.75 Å². The predicted octanol–water partition coefficient (Wildman–Crippen LogP) is 1.57. The zero-order valence-electron chi connectivity index (χ0n) is 9.78. The van der Waals surface area contributed by atoms with Crippen molar-refractivity contribution in [1.82, 2.24) is 5.32 Å². The summed E-state index contributed by atoms with van der Waals surface area (Å²) in [4.78, 5) is 11.4. The fourth-order valence-corrected chi connectivity index (χ4v) is 1.39. The zero-order chi connectivity index (χ0) is 12.7. The molecule has 1 aromatic rings. The number of rotatable bonds is 6. The molecule has 1 atom stereocenters. The van der Waals surface area contributed by atoms with E-state index in [1.807, 2.05) is 6.92 Å². The maximum Gasteiger partial charge on any atom is 0.257 e. The van der Waals surface area contributed by atoms with Crippen LogP contribution in [0, 0.1) is 0 Å². The summed E-state index contributed by atoms with van der Waals surface area (Å²) in [6.45, 7) is 2.41. The van der Waals surface area contributed by atoms with E-state index in [0.717, 1.165) is 6.42 Å². The van der Waals surface area contributed by atoms with Crippen LogP contribution in [0.2, 0.25) is 5.02 Å². The van der Waals surface area contributed by atoms with Crippen molar-refractivity contribution in [2.24, 2.45) is 5.73 Å². The maximum atomic E-state index is 11.4. The van der Waals surface area contributed by atoms with Gasteiger partial charge in [0.15, 0.2) is 6.61 Å². The first-order chi connectivity index (χ1) is 8.09. The minimum atomic E-state index is -0.175. The van der Waals surface area contributed by atoms with Gasteiger partial charge in [-0.3, -0.25) is 4.79 Å². The number of hydrogen-bond donors (Lipinski definition) is 2. The number of carbonyl (C=O) groups excluding carboxylic acids is 1. The van der Waals surface area contributed by atoms with Gasteiger partial charge in [-0.2, -0.15) is 0 Å². The summed E-state index contributed by atoms with van der Waals surface area (Å²) in [6.07, 6.45) is 0.748. The van der Waals surface area contributed by atoms with Gasteiger partial charge in [-0.25, -0.2) is 0 Å². The Labute approximate surface area is 106 Å². The number of nitrogens with two attached hydrogens (primary N) is 1. The van der Waals surface area contributed by atoms with Crippen LogP contribution in [0.15, 0.2) is 24.3 Å². The van der Waals surface area contributed by atoms with Crippen molar-refractivity contribution >= 4 is 17.5 Å². The Balaban J connectivity index is 2.26. The van der Waals surface area contributed by atoms with Crippen molar-refractivity contribution in [3.05, 3.63) is 29.3 Å². The highest BCUT2D eigenvalue weighted by molar-refractivity contribution is 6.32. The average Bonchev–Trinajstić information content (AvgIpc) is 2.27. The van der Waals surface area contributed by atoms with Gasteiger partial charge in [-0.05, 0) is 25.5 Å². The van der Waals surface area contributed by atoms with Crippen molar-refractivity contribution in [3.8, 4) is 5.75 Å². The second-order valence-corrected chi connectivity index (χ2v) is 4.24. The first-order valence-corrected chi connectivity index (χ1v) is 5.87. The van der Waals surface area contributed by atoms with E-state index in [1.54, 1.807) is 24.3 Å². The van der Waals surface area contributed by atoms with Gasteiger partial charge >= 0.3 is 0 Å². The molecule has 0 heterocycles. The molecule has 0 aliphatic heterocycles. The van der Waals surface area contributed by atoms with Gasteiger partial charge in [0.25, 0.3) is 5.91 Å². The lowest BCUT2D eigenvalue weighted by atomic mass is 10.2. The van der Waals surface area contributed by atoms with Crippen molar-refractivity contribution in [1.29, 1.82) is 0 Å². The van der Waals surface area contributed by atoms with Crippen LogP contribution < -0.4 is 15.8 Å². The topological polar surface area (TPSA) is 64.3 Å². The number of benzene rings is 1. The number of carbonyl (C=O) groups is 1. The van der Waals surface area contributed by atoms with Gasteiger partial charge in [-0.15, -0.1) is 0 Å². The third-order valence-electron chi connectivity index (χ3n) is 2.12. The van der Waals surface area contributed by atoms with Gasteiger partial charge < -0.3 is 15.8 Å². The van der Waals surface area contributed by atoms with E-state index in [0.29, 0.717) is 17.3 Å². The van der Waals surface area contributed by atoms with Crippen LogP contribution in [0.5, 0.6) is 5.75 Å². The lowest BCUT2D eigenvalue weighted by Crippen LogP contribution is -2.32. The Bertz CT molecular complexity index is 369. The van der Waals surface area contributed by atoms with Crippen molar-refractivity contribution in [3.63, 3.8) is 0 Å². The fourth-order valence-electron chi connectivity index (χ4n) is 1.20. The van der Waals surface area contributed by atoms with Crippen molar-refractivity contribution in [2.45, 2.75) is 19.4 Å². The Morgan fingerprint density at radius 2 is 2.24 bits per heavy atom. The largest absolute Gasteiger partial charge is 0.482 e. The molecule has 0 aliphatic carbocycles. The molecule has 3 N–H and O–H groups in total. The van der Waals surface area contributed by atoms with Crippen LogP contribution in [0.25, 0.3) is 0 Å². The molecule has 5 heteroatoms. The van der Waals surface area contributed by atoms with Crippen LogP contribution in [-0.2, 0) is 4.79 Å². The smallest absolute Gasteiger partial charge is 0.257 e. The van der Waals surface area contributed by atoms with E-state index >= 15 is 0 Å². The third-order valence-corrected chi connectivity index (χ3v) is 2.43. The second-order valence-electron chi connectivity index (χ2n) is 3.84. The molecule has 0 bridgehead atoms. The molecule has 1 rings (SSSR count). The van der Waals surface area contributed by atoms with E-state index in [1.165, 1.54) is 0 Å². The Morgan fingerprint density at radius 3 is 2.88 bits per heavy atom. The first-order valence-electron chi connectivity index (χ1n) is 5.49. The molecule has 1 amide bonds. The number of hydrogen-bond acceptors (Lipinski definition) is 3. The summed E-state index contributed by atoms with van der Waals surface area (Å²) in [5, 5.41) is 3.21. The van der Waals surface area contributed by atoms with Crippen LogP contribution in [-0.4, -0.2) is 25.1 Å². The Morgan fingerprint density at radius 1 is 1.53 bits per heavy atom. The molecule has 0 radical (unpaired) electrons. The van der Waals surface area contributed by atoms with Crippen LogP contribution >= 0.6 is 11.6 Å². The van der Waals surface area contributed by atoms with E-state index in [9.17, 15) is 4.79 Å². The Hall–Kier alpha value is -1.26. The van der Waals surface area contributed by atoms with E-state index in [-0.39, 0.29) is 18.6 Å². The van der Waals surface area contributed by atoms with Gasteiger partial charge in [-0.1, -0.05) is 23.7 Å². The maximum absolute atomic E-state index is 11.4. The lowest BCUT2D eigenvalue weighted by molar-refractivity contribution is -0.123. The van der Waals surface area contributed by atoms with E-state index in [4.69, 9.17) is 22.1 Å². The first kappa shape index (κ1) is 13.8. The summed E-state index contributed by atoms with van der Waals surface area (Å²) in [5.41, 5.74) is 5.56. The minimum Gasteiger partial charge on any atom is -0.482 e. The average molecular weight is 257 g/mol. The summed E-state index contributed by atoms with van der Waals surface area (Å²) in [7, 11) is 0. The Kier molecular flexibility index (Phi) is 5.80. The monoisotopic (exact) mass is 256 g/mol. The summed E-state index contributed by atoms with van der Waals surface area (Å²) < 4.78 is 5.28. The number of ether oxygens (including phenoxy) is 1. The summed E-state index contributed by atoms with van der Waals surface area (Å²) >= 11 is 5.88. The molecular weight excluding hydrogens is 240 g/mol. The highest BCUT2D eigenvalue weighted by Gasteiger charge is 2.05. The third kappa shape index (κ3) is 5.56. The highest BCUT2D eigenvalue weighted by atomic mass is 35.5. The number of nitrogens with one attached hydrogen (secondary N) is 1. The molecule has 94 valence electrons. The molecule has 0 saturated carbocycles. The summed E-state index contributed by atoms with van der Waals surface area (Å²) in [6, 6.07) is 7.12. The molecule has 1 unspecified atom stereocenters. The molecule has 0 saturated heterocycles. The van der Waals surface area contributed by atoms with Crippen LogP contribution in [0.3, 0.4) is 0 Å². The molecule has 0 fully saturated rings. The van der Waals surface area contributed by atoms with Crippen molar-refractivity contribution < 1.29 is 9.53 Å². The lowest BCUT2D eigenvalue weighted by Gasteiger charge is -2.09. The predicted molar refractivity (Wildman–Crippen MR) is 68.2 cm³/mol. The minimum absolute atomic E-state index is 0.0390. The second kappa shape index (κ2) is 7.14. The molecule has 0 aromatic heterocycles. The molecular formula is C12H17ClN2O2. The molecule has 1 aromatic carbocycles. The number of halogens is 1. The quantitative estimate of drug-likeness (QED) is 0.812. The SMILES string of the molecule is CC(N)CCNC(=O)COc1ccccc1Cl. The van der Waals surface area contributed by atoms with Gasteiger partial charge in [0.05, 0.1) is 5.02 Å². The van der Waals surface area contributed by atoms with Gasteiger partial charge in [0.2, 0.25) is 0 Å². The fraction of sp³-hybridized carbons (Fsp3) is 0.417. The van der Waals surface area contributed by atoms with E-state index in [2.05, 4.69) is 5.32 Å². The normalized spacial score (nSPS) is 11.9. The molecule has 17 heavy (non-hydrogen) atoms.